The summed E-state index contributed by atoms with van der Waals surface area (Å²) < 4.78 is 26.5. The van der Waals surface area contributed by atoms with Gasteiger partial charge in [0.1, 0.15) is 0 Å². The minimum absolute atomic E-state index is 0.646. The molecule has 0 bridgehead atoms. The number of rotatable bonds is 5. The van der Waals surface area contributed by atoms with Gasteiger partial charge in [-0.25, -0.2) is 0 Å². The maximum absolute atomic E-state index is 11.1. The van der Waals surface area contributed by atoms with Gasteiger partial charge in [-0.05, 0) is 10.6 Å². The van der Waals surface area contributed by atoms with Gasteiger partial charge in [-0.3, -0.25) is 4.57 Å². The summed E-state index contributed by atoms with van der Waals surface area (Å²) in [6, 6.07) is 1.67. The van der Waals surface area contributed by atoms with Gasteiger partial charge >= 0.3 is 15.6 Å². The molecule has 0 spiro atoms. The quantitative estimate of drug-likeness (QED) is 0.371. The first-order valence-corrected chi connectivity index (χ1v) is 7.53. The fourth-order valence-corrected chi connectivity index (χ4v) is 3.14. The molecular formula is C6H10NO5P2S+. The lowest BCUT2D eigenvalue weighted by molar-refractivity contribution is 0.309. The summed E-state index contributed by atoms with van der Waals surface area (Å²) in [5, 5.41) is 0. The van der Waals surface area contributed by atoms with Crippen LogP contribution >= 0.6 is 28.3 Å². The van der Waals surface area contributed by atoms with Crippen molar-refractivity contribution in [3.8, 4) is 0 Å². The van der Waals surface area contributed by atoms with Crippen molar-refractivity contribution in [2.75, 3.05) is 5.90 Å². The van der Waals surface area contributed by atoms with Crippen LogP contribution in [0, 0.1) is 0 Å². The summed E-state index contributed by atoms with van der Waals surface area (Å²) in [4.78, 5) is 19.9. The second kappa shape index (κ2) is 5.25. The molecule has 84 valence electrons. The molecule has 0 saturated heterocycles. The first-order chi connectivity index (χ1) is 6.88. The number of aromatic nitrogens is 1. The van der Waals surface area contributed by atoms with Gasteiger partial charge in [-0.15, -0.1) is 17.2 Å². The molecule has 1 aromatic rings. The highest BCUT2D eigenvalue weighted by atomic mass is 32.1. The Kier molecular flexibility index (Phi) is 4.52. The van der Waals surface area contributed by atoms with Crippen LogP contribution in [0.4, 0.5) is 0 Å². The normalized spacial score (nSPS) is 15.0. The molecule has 0 aliphatic heterocycles. The van der Waals surface area contributed by atoms with E-state index >= 15 is 0 Å². The first-order valence-electron chi connectivity index (χ1n) is 3.85. The van der Waals surface area contributed by atoms with Gasteiger partial charge in [0.2, 0.25) is 0 Å². The van der Waals surface area contributed by atoms with E-state index in [0.29, 0.717) is 5.56 Å². The monoisotopic (exact) mass is 270 g/mol. The molecule has 6 nitrogen and oxygen atoms in total. The summed E-state index contributed by atoms with van der Waals surface area (Å²) >= 11 is 4.00. The highest BCUT2D eigenvalue weighted by Gasteiger charge is 2.33. The molecule has 3 N–H and O–H groups in total. The van der Waals surface area contributed by atoms with Gasteiger partial charge in [-0.1, -0.05) is 0 Å². The zero-order valence-corrected chi connectivity index (χ0v) is 10.2. The highest BCUT2D eigenvalue weighted by Crippen LogP contribution is 2.47. The largest absolute Gasteiger partial charge is 0.522 e. The zero-order valence-electron chi connectivity index (χ0n) is 7.48. The van der Waals surface area contributed by atoms with Crippen molar-refractivity contribution in [1.82, 2.24) is 4.98 Å². The molecule has 0 fully saturated rings. The fourth-order valence-electron chi connectivity index (χ4n) is 0.846. The van der Waals surface area contributed by atoms with Crippen molar-refractivity contribution in [3.63, 3.8) is 0 Å². The Balaban J connectivity index is 2.49. The molecule has 2 unspecified atom stereocenters. The Morgan fingerprint density at radius 1 is 1.67 bits per heavy atom. The Hall–Kier alpha value is -0.160. The van der Waals surface area contributed by atoms with Crippen LogP contribution in [0.25, 0.3) is 0 Å². The van der Waals surface area contributed by atoms with Gasteiger partial charge < -0.3 is 14.8 Å². The van der Waals surface area contributed by atoms with E-state index in [0.717, 1.165) is 0 Å². The minimum Gasteiger partial charge on any atom is -0.367 e. The van der Waals surface area contributed by atoms with Crippen molar-refractivity contribution >= 4 is 28.3 Å². The summed E-state index contributed by atoms with van der Waals surface area (Å²) in [5.41, 5.74) is -0.112. The standard InChI is InChI=1S/C6H9NO5P2S/c8-13(4-14(9,10)11)12-6(15)5-1-2-7-3-5/h1-3,6-7H,4H2,(H2-,9,10,11,15)/p+1. The lowest BCUT2D eigenvalue weighted by atomic mass is 10.4. The van der Waals surface area contributed by atoms with E-state index in [-0.39, 0.29) is 0 Å². The third-order valence-electron chi connectivity index (χ3n) is 1.42. The Labute approximate surface area is 92.5 Å². The molecule has 0 radical (unpaired) electrons. The zero-order chi connectivity index (χ0) is 11.5. The maximum atomic E-state index is 11.1. The number of nitrogens with one attached hydrogen (secondary N) is 1. The van der Waals surface area contributed by atoms with E-state index in [2.05, 4.69) is 17.6 Å². The average Bonchev–Trinajstić information content (AvgIpc) is 2.50. The molecule has 0 aliphatic carbocycles. The van der Waals surface area contributed by atoms with E-state index in [4.69, 9.17) is 14.3 Å². The van der Waals surface area contributed by atoms with Crippen LogP contribution in [0.15, 0.2) is 18.5 Å². The van der Waals surface area contributed by atoms with Crippen LogP contribution in [-0.2, 0) is 13.7 Å². The summed E-state index contributed by atoms with van der Waals surface area (Å²) in [6.45, 7) is 0. The molecular weight excluding hydrogens is 260 g/mol. The fraction of sp³-hybridized carbons (Fsp3) is 0.333. The predicted molar refractivity (Wildman–Crippen MR) is 58.1 cm³/mol. The minimum atomic E-state index is -4.31. The van der Waals surface area contributed by atoms with Crippen molar-refractivity contribution in [2.24, 2.45) is 0 Å². The molecule has 0 amide bonds. The van der Waals surface area contributed by atoms with Crippen LogP contribution < -0.4 is 0 Å². The van der Waals surface area contributed by atoms with E-state index < -0.39 is 27.0 Å². The van der Waals surface area contributed by atoms with E-state index in [1.807, 2.05) is 0 Å². The highest BCUT2D eigenvalue weighted by molar-refractivity contribution is 7.80. The van der Waals surface area contributed by atoms with Crippen LogP contribution in [0.1, 0.15) is 11.0 Å². The van der Waals surface area contributed by atoms with Gasteiger partial charge in [0, 0.05) is 18.0 Å². The Morgan fingerprint density at radius 3 is 2.80 bits per heavy atom. The molecule has 0 saturated carbocycles. The average molecular weight is 270 g/mol. The van der Waals surface area contributed by atoms with Crippen molar-refractivity contribution in [2.45, 2.75) is 5.44 Å². The second-order valence-electron chi connectivity index (χ2n) is 2.74. The second-order valence-corrected chi connectivity index (χ2v) is 6.55. The topological polar surface area (TPSA) is 99.6 Å². The van der Waals surface area contributed by atoms with Crippen LogP contribution in [-0.4, -0.2) is 20.7 Å². The molecule has 0 aliphatic rings. The van der Waals surface area contributed by atoms with Gasteiger partial charge in [0.25, 0.3) is 5.90 Å². The third-order valence-corrected chi connectivity index (χ3v) is 4.84. The predicted octanol–water partition coefficient (Wildman–Crippen LogP) is 1.84. The van der Waals surface area contributed by atoms with Crippen LogP contribution in [0.2, 0.25) is 0 Å². The number of aromatic amines is 1. The lowest BCUT2D eigenvalue weighted by Gasteiger charge is -2.00. The van der Waals surface area contributed by atoms with E-state index in [1.165, 1.54) is 0 Å². The smallest absolute Gasteiger partial charge is 0.367 e. The third kappa shape index (κ3) is 4.93. The molecule has 1 rings (SSSR count). The molecule has 0 aromatic carbocycles. The Morgan fingerprint density at radius 2 is 2.33 bits per heavy atom. The molecule has 2 atom stereocenters. The van der Waals surface area contributed by atoms with Crippen molar-refractivity contribution < 1.29 is 23.4 Å². The lowest BCUT2D eigenvalue weighted by Crippen LogP contribution is -1.91. The number of hydrogen-bond acceptors (Lipinski definition) is 4. The van der Waals surface area contributed by atoms with Crippen LogP contribution in [0.3, 0.4) is 0 Å². The Bertz CT molecular complexity index is 375. The van der Waals surface area contributed by atoms with E-state index in [1.54, 1.807) is 18.5 Å². The van der Waals surface area contributed by atoms with Crippen molar-refractivity contribution in [3.05, 3.63) is 24.0 Å². The first kappa shape index (κ1) is 12.9. The molecule has 15 heavy (non-hydrogen) atoms. The number of H-pyrrole nitrogens is 1. The van der Waals surface area contributed by atoms with Gasteiger partial charge in [-0.2, -0.15) is 0 Å². The van der Waals surface area contributed by atoms with E-state index in [9.17, 15) is 9.13 Å². The number of thiol groups is 1. The molecule has 9 heteroatoms. The van der Waals surface area contributed by atoms with Crippen LogP contribution in [0.5, 0.6) is 0 Å². The van der Waals surface area contributed by atoms with Crippen molar-refractivity contribution in [1.29, 1.82) is 0 Å². The number of hydrogen-bond donors (Lipinski definition) is 4. The summed E-state index contributed by atoms with van der Waals surface area (Å²) in [5.74, 6) is -0.788. The summed E-state index contributed by atoms with van der Waals surface area (Å²) in [7, 11) is -6.72. The SMILES string of the molecule is O=[P+](CP(=O)(O)O)OC(S)c1cc[nH]c1. The van der Waals surface area contributed by atoms with Gasteiger partial charge in [0.15, 0.2) is 5.44 Å². The van der Waals surface area contributed by atoms with Gasteiger partial charge in [0.05, 0.1) is 0 Å². The molecule has 1 aromatic heterocycles. The maximum Gasteiger partial charge on any atom is 0.522 e. The molecule has 1 heterocycles. The summed E-state index contributed by atoms with van der Waals surface area (Å²) in [6.07, 6.45) is 3.23.